The summed E-state index contributed by atoms with van der Waals surface area (Å²) in [5, 5.41) is 8.91. The van der Waals surface area contributed by atoms with Gasteiger partial charge in [-0.25, -0.2) is 0 Å². The molecule has 0 aromatic carbocycles. The highest BCUT2D eigenvalue weighted by molar-refractivity contribution is 6.18. The number of hydrogen-bond acceptors (Lipinski definition) is 4. The second kappa shape index (κ2) is 5.23. The van der Waals surface area contributed by atoms with Crippen molar-refractivity contribution in [1.29, 1.82) is 0 Å². The third-order valence-corrected chi connectivity index (χ3v) is 2.83. The quantitative estimate of drug-likeness (QED) is 0.676. The number of amides is 2. The topological polar surface area (TPSA) is 66.8 Å². The van der Waals surface area contributed by atoms with Crippen LogP contribution in [0.3, 0.4) is 0 Å². The van der Waals surface area contributed by atoms with Crippen LogP contribution in [0.15, 0.2) is 11.1 Å². The molecule has 0 saturated heterocycles. The molecule has 16 heavy (non-hydrogen) atoms. The number of aliphatic hydroxyl groups is 1. The molecule has 0 spiro atoms. The van der Waals surface area contributed by atoms with Crippen LogP contribution in [-0.4, -0.2) is 48.2 Å². The molecule has 1 rings (SSSR count). The third-order valence-electron chi connectivity index (χ3n) is 2.83. The van der Waals surface area contributed by atoms with Crippen molar-refractivity contribution in [2.45, 2.75) is 26.3 Å². The Morgan fingerprint density at radius 3 is 2.12 bits per heavy atom. The van der Waals surface area contributed by atoms with Crippen LogP contribution < -0.4 is 0 Å². The average molecular weight is 227 g/mol. The van der Waals surface area contributed by atoms with Gasteiger partial charge in [0.25, 0.3) is 11.8 Å². The molecule has 1 N–H and O–H groups in total. The summed E-state index contributed by atoms with van der Waals surface area (Å²) in [4.78, 5) is 24.8. The number of methoxy groups -OCH3 is 1. The third kappa shape index (κ3) is 2.15. The summed E-state index contributed by atoms with van der Waals surface area (Å²) in [6, 6.07) is -0.387. The summed E-state index contributed by atoms with van der Waals surface area (Å²) in [5.74, 6) is -0.559. The minimum atomic E-state index is -0.387. The molecule has 1 unspecified atom stereocenters. The number of hydrogen-bond donors (Lipinski definition) is 1. The van der Waals surface area contributed by atoms with E-state index in [1.165, 1.54) is 12.0 Å². The molecule has 0 aromatic rings. The van der Waals surface area contributed by atoms with E-state index in [0.717, 1.165) is 0 Å². The van der Waals surface area contributed by atoms with Crippen LogP contribution in [0.4, 0.5) is 0 Å². The maximum Gasteiger partial charge on any atom is 0.257 e. The molecule has 2 amide bonds. The fourth-order valence-corrected chi connectivity index (χ4v) is 1.73. The van der Waals surface area contributed by atoms with Gasteiger partial charge in [0.2, 0.25) is 0 Å². The van der Waals surface area contributed by atoms with E-state index >= 15 is 0 Å². The first-order valence-electron chi connectivity index (χ1n) is 5.19. The number of rotatable bonds is 5. The zero-order chi connectivity index (χ0) is 12.3. The zero-order valence-electron chi connectivity index (χ0n) is 9.82. The maximum atomic E-state index is 11.8. The zero-order valence-corrected chi connectivity index (χ0v) is 9.82. The van der Waals surface area contributed by atoms with Gasteiger partial charge in [-0.15, -0.1) is 0 Å². The molecule has 0 bridgehead atoms. The van der Waals surface area contributed by atoms with Gasteiger partial charge < -0.3 is 9.84 Å². The molecule has 0 fully saturated rings. The normalized spacial score (nSPS) is 18.6. The predicted molar refractivity (Wildman–Crippen MR) is 57.6 cm³/mol. The monoisotopic (exact) mass is 227 g/mol. The standard InChI is InChI=1S/C11H17NO4/c1-7-8(2)11(15)12(10(7)14)9(4-5-13)6-16-3/h9,13H,4-6H2,1-3H3. The Kier molecular flexibility index (Phi) is 4.20. The van der Waals surface area contributed by atoms with Crippen molar-refractivity contribution in [2.75, 3.05) is 20.3 Å². The Bertz CT molecular complexity index is 305. The number of ether oxygens (including phenoxy) is 1. The lowest BCUT2D eigenvalue weighted by molar-refractivity contribution is -0.141. The minimum absolute atomic E-state index is 0.0802. The van der Waals surface area contributed by atoms with E-state index < -0.39 is 0 Å². The van der Waals surface area contributed by atoms with Crippen molar-refractivity contribution in [1.82, 2.24) is 4.90 Å². The smallest absolute Gasteiger partial charge is 0.257 e. The van der Waals surface area contributed by atoms with Gasteiger partial charge in [-0.05, 0) is 20.3 Å². The Hall–Kier alpha value is -1.20. The summed E-state index contributed by atoms with van der Waals surface area (Å²) >= 11 is 0. The van der Waals surface area contributed by atoms with Gasteiger partial charge in [-0.1, -0.05) is 0 Å². The van der Waals surface area contributed by atoms with Crippen molar-refractivity contribution in [3.63, 3.8) is 0 Å². The predicted octanol–water partition coefficient (Wildman–Crippen LogP) is 0.0890. The van der Waals surface area contributed by atoms with Gasteiger partial charge in [0, 0.05) is 24.9 Å². The molecular weight excluding hydrogens is 210 g/mol. The van der Waals surface area contributed by atoms with Crippen LogP contribution in [0.1, 0.15) is 20.3 Å². The van der Waals surface area contributed by atoms with Crippen LogP contribution in [0.5, 0.6) is 0 Å². The van der Waals surface area contributed by atoms with E-state index in [-0.39, 0.29) is 31.1 Å². The number of aliphatic hydroxyl groups excluding tert-OH is 1. The highest BCUT2D eigenvalue weighted by Crippen LogP contribution is 2.23. The van der Waals surface area contributed by atoms with E-state index in [0.29, 0.717) is 17.6 Å². The number of nitrogens with zero attached hydrogens (tertiary/aromatic N) is 1. The van der Waals surface area contributed by atoms with Gasteiger partial charge in [-0.2, -0.15) is 0 Å². The first kappa shape index (κ1) is 12.9. The fraction of sp³-hybridized carbons (Fsp3) is 0.636. The van der Waals surface area contributed by atoms with Gasteiger partial charge in [0.1, 0.15) is 0 Å². The van der Waals surface area contributed by atoms with E-state index in [9.17, 15) is 9.59 Å². The second-order valence-corrected chi connectivity index (χ2v) is 3.85. The van der Waals surface area contributed by atoms with Gasteiger partial charge >= 0.3 is 0 Å². The SMILES string of the molecule is COCC(CCO)N1C(=O)C(C)=C(C)C1=O. The van der Waals surface area contributed by atoms with Crippen molar-refractivity contribution >= 4 is 11.8 Å². The second-order valence-electron chi connectivity index (χ2n) is 3.85. The minimum Gasteiger partial charge on any atom is -0.396 e. The Labute approximate surface area is 94.7 Å². The van der Waals surface area contributed by atoms with Crippen LogP contribution in [-0.2, 0) is 14.3 Å². The number of carbonyl (C=O) groups excluding carboxylic acids is 2. The van der Waals surface area contributed by atoms with Gasteiger partial charge in [0.05, 0.1) is 12.6 Å². The number of imide groups is 1. The van der Waals surface area contributed by atoms with Gasteiger partial charge in [-0.3, -0.25) is 14.5 Å². The molecule has 1 aliphatic heterocycles. The Morgan fingerprint density at radius 2 is 1.75 bits per heavy atom. The lowest BCUT2D eigenvalue weighted by Gasteiger charge is -2.25. The lowest BCUT2D eigenvalue weighted by atomic mass is 10.2. The van der Waals surface area contributed by atoms with Crippen molar-refractivity contribution in [2.24, 2.45) is 0 Å². The lowest BCUT2D eigenvalue weighted by Crippen LogP contribution is -2.44. The summed E-state index contributed by atoms with van der Waals surface area (Å²) in [6.07, 6.45) is 0.339. The van der Waals surface area contributed by atoms with Crippen LogP contribution >= 0.6 is 0 Å². The summed E-state index contributed by atoms with van der Waals surface area (Å²) in [7, 11) is 1.50. The number of carbonyl (C=O) groups is 2. The average Bonchev–Trinajstić information content (AvgIpc) is 2.44. The van der Waals surface area contributed by atoms with E-state index in [1.807, 2.05) is 0 Å². The van der Waals surface area contributed by atoms with Crippen LogP contribution in [0.25, 0.3) is 0 Å². The Balaban J connectivity index is 2.88. The van der Waals surface area contributed by atoms with Gasteiger partial charge in [0.15, 0.2) is 0 Å². The molecule has 0 radical (unpaired) electrons. The first-order chi connectivity index (χ1) is 7.54. The highest BCUT2D eigenvalue weighted by atomic mass is 16.5. The van der Waals surface area contributed by atoms with Crippen molar-refractivity contribution < 1.29 is 19.4 Å². The largest absolute Gasteiger partial charge is 0.396 e. The molecule has 1 aliphatic rings. The molecule has 90 valence electrons. The Morgan fingerprint density at radius 1 is 1.25 bits per heavy atom. The summed E-state index contributed by atoms with van der Waals surface area (Å²) in [5.41, 5.74) is 0.952. The first-order valence-corrected chi connectivity index (χ1v) is 5.19. The van der Waals surface area contributed by atoms with Crippen LogP contribution in [0, 0.1) is 0 Å². The molecule has 0 saturated carbocycles. The fourth-order valence-electron chi connectivity index (χ4n) is 1.73. The summed E-state index contributed by atoms with van der Waals surface area (Å²) < 4.78 is 4.96. The maximum absolute atomic E-state index is 11.8. The molecule has 5 nitrogen and oxygen atoms in total. The molecule has 1 heterocycles. The molecular formula is C11H17NO4. The van der Waals surface area contributed by atoms with E-state index in [4.69, 9.17) is 9.84 Å². The summed E-state index contributed by atoms with van der Waals surface area (Å²) in [6.45, 7) is 3.44. The molecule has 0 aromatic heterocycles. The van der Waals surface area contributed by atoms with E-state index in [1.54, 1.807) is 13.8 Å². The van der Waals surface area contributed by atoms with E-state index in [2.05, 4.69) is 0 Å². The highest BCUT2D eigenvalue weighted by Gasteiger charge is 2.37. The molecule has 5 heteroatoms. The van der Waals surface area contributed by atoms with Crippen LogP contribution in [0.2, 0.25) is 0 Å². The molecule has 1 atom stereocenters. The van der Waals surface area contributed by atoms with Crippen molar-refractivity contribution in [3.8, 4) is 0 Å². The molecule has 0 aliphatic carbocycles. The van der Waals surface area contributed by atoms with Crippen molar-refractivity contribution in [3.05, 3.63) is 11.1 Å².